The molecule has 94 valence electrons. The van der Waals surface area contributed by atoms with Gasteiger partial charge >= 0.3 is 0 Å². The van der Waals surface area contributed by atoms with E-state index in [1.165, 1.54) is 4.70 Å². The minimum Gasteiger partial charge on any atom is -0.497 e. The van der Waals surface area contributed by atoms with E-state index in [4.69, 9.17) is 4.74 Å². The normalized spacial score (nSPS) is 9.76. The Labute approximate surface area is 107 Å². The van der Waals surface area contributed by atoms with Crippen LogP contribution in [0.25, 0.3) is 10.2 Å². The summed E-state index contributed by atoms with van der Waals surface area (Å²) in [6, 6.07) is 4.05. The van der Waals surface area contributed by atoms with Gasteiger partial charge in [0.2, 0.25) is 0 Å². The highest BCUT2D eigenvalue weighted by atomic mass is 32.1. The van der Waals surface area contributed by atoms with Gasteiger partial charge < -0.3 is 9.64 Å². The Morgan fingerprint density at radius 3 is 2.41 bits per heavy atom. The molecule has 0 aliphatic rings. The Morgan fingerprint density at radius 1 is 1.24 bits per heavy atom. The third-order valence-electron chi connectivity index (χ3n) is 2.27. The van der Waals surface area contributed by atoms with E-state index in [-0.39, 0.29) is 0 Å². The average Bonchev–Trinajstić information content (AvgIpc) is 2.69. The van der Waals surface area contributed by atoms with Gasteiger partial charge in [0.05, 0.1) is 22.5 Å². The van der Waals surface area contributed by atoms with Gasteiger partial charge in [-0.15, -0.1) is 11.3 Å². The number of thiazole rings is 1. The molecule has 0 saturated heterocycles. The summed E-state index contributed by atoms with van der Waals surface area (Å²) in [4.78, 5) is 6.59. The van der Waals surface area contributed by atoms with Crippen molar-refractivity contribution in [1.29, 1.82) is 0 Å². The van der Waals surface area contributed by atoms with E-state index >= 15 is 0 Å². The highest BCUT2D eigenvalue weighted by Gasteiger charge is 2.10. The van der Waals surface area contributed by atoms with Crippen molar-refractivity contribution in [3.63, 3.8) is 0 Å². The zero-order chi connectivity index (χ0) is 13.0. The van der Waals surface area contributed by atoms with Gasteiger partial charge in [0, 0.05) is 20.2 Å². The van der Waals surface area contributed by atoms with E-state index < -0.39 is 0 Å². The van der Waals surface area contributed by atoms with Crippen LogP contribution in [0.1, 0.15) is 18.9 Å². The summed E-state index contributed by atoms with van der Waals surface area (Å²) in [5.74, 6) is 0.884. The number of aromatic nitrogens is 1. The second-order valence-corrected chi connectivity index (χ2v) is 4.86. The van der Waals surface area contributed by atoms with E-state index in [0.29, 0.717) is 0 Å². The van der Waals surface area contributed by atoms with Crippen molar-refractivity contribution >= 4 is 27.2 Å². The third kappa shape index (κ3) is 2.88. The Bertz CT molecular complexity index is 491. The number of ether oxygens (including phenoxy) is 1. The number of anilines is 1. The monoisotopic (exact) mass is 252 g/mol. The lowest BCUT2D eigenvalue weighted by Crippen LogP contribution is -2.09. The molecule has 17 heavy (non-hydrogen) atoms. The van der Waals surface area contributed by atoms with E-state index in [1.807, 2.05) is 47.0 Å². The van der Waals surface area contributed by atoms with Crippen LogP contribution in [0.2, 0.25) is 0 Å². The van der Waals surface area contributed by atoms with Gasteiger partial charge in [-0.3, -0.25) is 0 Å². The molecule has 1 aromatic carbocycles. The average molecular weight is 252 g/mol. The number of methoxy groups -OCH3 is 1. The molecular weight excluding hydrogens is 232 g/mol. The number of fused-ring (bicyclic) bond motifs is 1. The number of benzene rings is 1. The van der Waals surface area contributed by atoms with Crippen LogP contribution in [0.4, 0.5) is 5.69 Å². The lowest BCUT2D eigenvalue weighted by atomic mass is 10.2. The van der Waals surface area contributed by atoms with Crippen molar-refractivity contribution < 1.29 is 4.74 Å². The number of hydrogen-bond acceptors (Lipinski definition) is 4. The maximum Gasteiger partial charge on any atom is 0.122 e. The lowest BCUT2D eigenvalue weighted by molar-refractivity contribution is 0.415. The fraction of sp³-hybridized carbons (Fsp3) is 0.462. The van der Waals surface area contributed by atoms with E-state index in [2.05, 4.69) is 9.88 Å². The van der Waals surface area contributed by atoms with Crippen molar-refractivity contribution in [2.24, 2.45) is 0 Å². The highest BCUT2D eigenvalue weighted by molar-refractivity contribution is 7.18. The van der Waals surface area contributed by atoms with Crippen LogP contribution >= 0.6 is 11.3 Å². The minimum atomic E-state index is 0.884. The van der Waals surface area contributed by atoms with Gasteiger partial charge in [0.15, 0.2) is 0 Å². The van der Waals surface area contributed by atoms with Crippen LogP contribution in [-0.4, -0.2) is 26.2 Å². The molecule has 4 heteroatoms. The minimum absolute atomic E-state index is 0.884. The molecule has 0 amide bonds. The van der Waals surface area contributed by atoms with Gasteiger partial charge in [-0.05, 0) is 13.0 Å². The van der Waals surface area contributed by atoms with Crippen molar-refractivity contribution in [3.05, 3.63) is 17.1 Å². The summed E-state index contributed by atoms with van der Waals surface area (Å²) in [6.45, 7) is 6.02. The fourth-order valence-corrected chi connectivity index (χ4v) is 2.43. The van der Waals surface area contributed by atoms with Gasteiger partial charge in [-0.2, -0.15) is 0 Å². The predicted octanol–water partition coefficient (Wildman–Crippen LogP) is 3.71. The SMILES string of the molecule is CC.COc1cc(N(C)C)c2nc(C)sc2c1. The second kappa shape index (κ2) is 5.87. The number of aryl methyl sites for hydroxylation is 1. The zero-order valence-corrected chi connectivity index (χ0v) is 12.2. The number of nitrogens with zero attached hydrogens (tertiary/aromatic N) is 2. The van der Waals surface area contributed by atoms with Crippen LogP contribution in [0.3, 0.4) is 0 Å². The van der Waals surface area contributed by atoms with Gasteiger partial charge in [0.1, 0.15) is 11.3 Å². The number of rotatable bonds is 2. The van der Waals surface area contributed by atoms with Crippen LogP contribution in [-0.2, 0) is 0 Å². The molecule has 2 rings (SSSR count). The molecule has 1 aromatic heterocycles. The standard InChI is InChI=1S/C11H14N2OS.C2H6/c1-7-12-11-9(13(2)3)5-8(14-4)6-10(11)15-7;1-2/h5-6H,1-4H3;1-2H3. The largest absolute Gasteiger partial charge is 0.497 e. The quantitative estimate of drug-likeness (QED) is 0.814. The van der Waals surface area contributed by atoms with Crippen LogP contribution in [0.15, 0.2) is 12.1 Å². The van der Waals surface area contributed by atoms with Gasteiger partial charge in [-0.1, -0.05) is 13.8 Å². The summed E-state index contributed by atoms with van der Waals surface area (Å²) in [6.07, 6.45) is 0. The van der Waals surface area contributed by atoms with Crippen LogP contribution < -0.4 is 9.64 Å². The molecule has 0 radical (unpaired) electrons. The van der Waals surface area contributed by atoms with E-state index in [0.717, 1.165) is 22.0 Å². The maximum absolute atomic E-state index is 5.27. The lowest BCUT2D eigenvalue weighted by Gasteiger charge is -2.14. The molecule has 3 nitrogen and oxygen atoms in total. The van der Waals surface area contributed by atoms with Crippen molar-refractivity contribution in [2.75, 3.05) is 26.1 Å². The molecular formula is C13H20N2OS. The first-order valence-electron chi connectivity index (χ1n) is 5.74. The Balaban J connectivity index is 0.000000686. The summed E-state index contributed by atoms with van der Waals surface area (Å²) >= 11 is 1.70. The van der Waals surface area contributed by atoms with E-state index in [1.54, 1.807) is 18.4 Å². The molecule has 0 spiro atoms. The molecule has 0 N–H and O–H groups in total. The first-order valence-corrected chi connectivity index (χ1v) is 6.56. The molecule has 0 atom stereocenters. The van der Waals surface area contributed by atoms with Crippen molar-refractivity contribution in [1.82, 2.24) is 4.98 Å². The van der Waals surface area contributed by atoms with E-state index in [9.17, 15) is 0 Å². The summed E-state index contributed by atoms with van der Waals surface area (Å²) in [5.41, 5.74) is 2.16. The molecule has 0 saturated carbocycles. The second-order valence-electron chi connectivity index (χ2n) is 3.62. The zero-order valence-electron chi connectivity index (χ0n) is 11.4. The predicted molar refractivity (Wildman–Crippen MR) is 76.6 cm³/mol. The molecule has 0 fully saturated rings. The number of hydrogen-bond donors (Lipinski definition) is 0. The first kappa shape index (κ1) is 13.8. The smallest absolute Gasteiger partial charge is 0.122 e. The molecule has 0 aliphatic heterocycles. The van der Waals surface area contributed by atoms with Crippen molar-refractivity contribution in [3.8, 4) is 5.75 Å². The van der Waals surface area contributed by atoms with Crippen LogP contribution in [0.5, 0.6) is 5.75 Å². The summed E-state index contributed by atoms with van der Waals surface area (Å²) < 4.78 is 6.45. The third-order valence-corrected chi connectivity index (χ3v) is 3.19. The Hall–Kier alpha value is -1.29. The fourth-order valence-electron chi connectivity index (χ4n) is 1.56. The Morgan fingerprint density at radius 2 is 1.88 bits per heavy atom. The molecule has 0 aliphatic carbocycles. The first-order chi connectivity index (χ1) is 8.11. The molecule has 0 bridgehead atoms. The summed E-state index contributed by atoms with van der Waals surface area (Å²) in [5, 5.41) is 1.08. The molecule has 0 unspecified atom stereocenters. The van der Waals surface area contributed by atoms with Gasteiger partial charge in [-0.25, -0.2) is 4.98 Å². The maximum atomic E-state index is 5.27. The molecule has 2 aromatic rings. The van der Waals surface area contributed by atoms with Crippen LogP contribution in [0, 0.1) is 6.92 Å². The highest BCUT2D eigenvalue weighted by Crippen LogP contribution is 2.33. The Kier molecular flexibility index (Phi) is 4.75. The summed E-state index contributed by atoms with van der Waals surface area (Å²) in [7, 11) is 5.72. The molecule has 1 heterocycles. The van der Waals surface area contributed by atoms with Gasteiger partial charge in [0.25, 0.3) is 0 Å². The van der Waals surface area contributed by atoms with Crippen molar-refractivity contribution in [2.45, 2.75) is 20.8 Å². The topological polar surface area (TPSA) is 25.4 Å².